The van der Waals surface area contributed by atoms with Crippen molar-refractivity contribution in [1.82, 2.24) is 15.0 Å². The summed E-state index contributed by atoms with van der Waals surface area (Å²) in [5, 5.41) is 12.4. The van der Waals surface area contributed by atoms with E-state index >= 15 is 0 Å². The van der Waals surface area contributed by atoms with E-state index in [0.29, 0.717) is 5.56 Å². The molecule has 0 aliphatic rings. The summed E-state index contributed by atoms with van der Waals surface area (Å²) in [7, 11) is 0. The molecule has 1 aromatic carbocycles. The number of aromatic hydroxyl groups is 1. The van der Waals surface area contributed by atoms with Crippen molar-refractivity contribution in [2.24, 2.45) is 0 Å². The molecule has 0 amide bonds. The van der Waals surface area contributed by atoms with Crippen molar-refractivity contribution >= 4 is 23.1 Å². The van der Waals surface area contributed by atoms with Gasteiger partial charge < -0.3 is 10.4 Å². The summed E-state index contributed by atoms with van der Waals surface area (Å²) in [6.45, 7) is 0. The maximum atomic E-state index is 13.1. The number of nitrogens with zero attached hydrogens (tertiary/aromatic N) is 3. The van der Waals surface area contributed by atoms with Gasteiger partial charge >= 0.3 is 6.18 Å². The Hall–Kier alpha value is -2.87. The smallest absolute Gasteiger partial charge is 0.433 e. The van der Waals surface area contributed by atoms with E-state index in [9.17, 15) is 18.3 Å². The van der Waals surface area contributed by atoms with Gasteiger partial charge in [-0.05, 0) is 24.3 Å². The van der Waals surface area contributed by atoms with Gasteiger partial charge in [-0.2, -0.15) is 13.2 Å². The minimum Gasteiger partial charge on any atom is -0.508 e. The molecule has 5 nitrogen and oxygen atoms in total. The van der Waals surface area contributed by atoms with Crippen molar-refractivity contribution in [1.29, 1.82) is 0 Å². The molecule has 0 bridgehead atoms. The Bertz CT molecular complexity index is 904. The van der Waals surface area contributed by atoms with Gasteiger partial charge in [0.05, 0.1) is 10.7 Å². The lowest BCUT2D eigenvalue weighted by molar-refractivity contribution is -0.141. The van der Waals surface area contributed by atoms with Gasteiger partial charge in [-0.25, -0.2) is 9.97 Å². The lowest BCUT2D eigenvalue weighted by Crippen LogP contribution is -2.11. The van der Waals surface area contributed by atoms with Gasteiger partial charge in [-0.15, -0.1) is 0 Å². The standard InChI is InChI=1S/C16H10ClF3N4O/c17-11-2-1-10(25)7-12(11)22-14-8-13(16(18,19)20)23-15(24-14)9-3-5-21-6-4-9/h1-8,25H,(H,22,23,24). The topological polar surface area (TPSA) is 70.9 Å². The molecule has 0 saturated carbocycles. The minimum atomic E-state index is -4.65. The molecule has 0 atom stereocenters. The van der Waals surface area contributed by atoms with Crippen LogP contribution in [0.25, 0.3) is 11.4 Å². The van der Waals surface area contributed by atoms with Gasteiger partial charge in [0.15, 0.2) is 11.5 Å². The van der Waals surface area contributed by atoms with Crippen LogP contribution in [0.15, 0.2) is 48.8 Å². The van der Waals surface area contributed by atoms with Crippen molar-refractivity contribution < 1.29 is 18.3 Å². The van der Waals surface area contributed by atoms with Crippen LogP contribution in [0.4, 0.5) is 24.7 Å². The number of benzene rings is 1. The zero-order valence-corrected chi connectivity index (χ0v) is 13.2. The number of phenols is 1. The van der Waals surface area contributed by atoms with Gasteiger partial charge in [0, 0.05) is 30.1 Å². The number of rotatable bonds is 3. The fraction of sp³-hybridized carbons (Fsp3) is 0.0625. The summed E-state index contributed by atoms with van der Waals surface area (Å²) in [6, 6.07) is 7.82. The molecule has 2 heterocycles. The Morgan fingerprint density at radius 1 is 1.00 bits per heavy atom. The van der Waals surface area contributed by atoms with E-state index in [1.54, 1.807) is 0 Å². The molecule has 0 spiro atoms. The summed E-state index contributed by atoms with van der Waals surface area (Å²) < 4.78 is 39.4. The molecule has 0 aliphatic heterocycles. The van der Waals surface area contributed by atoms with Crippen LogP contribution in [0.5, 0.6) is 5.75 Å². The largest absolute Gasteiger partial charge is 0.508 e. The highest BCUT2D eigenvalue weighted by Crippen LogP contribution is 2.33. The highest BCUT2D eigenvalue weighted by Gasteiger charge is 2.34. The monoisotopic (exact) mass is 366 g/mol. The summed E-state index contributed by atoms with van der Waals surface area (Å²) >= 11 is 5.99. The van der Waals surface area contributed by atoms with Gasteiger partial charge in [-0.3, -0.25) is 4.98 Å². The lowest BCUT2D eigenvalue weighted by atomic mass is 10.2. The fourth-order valence-electron chi connectivity index (χ4n) is 2.03. The quantitative estimate of drug-likeness (QED) is 0.705. The molecular weight excluding hydrogens is 357 g/mol. The summed E-state index contributed by atoms with van der Waals surface area (Å²) in [5.74, 6) is -0.316. The lowest BCUT2D eigenvalue weighted by Gasteiger charge is -2.13. The Kier molecular flexibility index (Phi) is 4.45. The Labute approximate surface area is 145 Å². The van der Waals surface area contributed by atoms with E-state index in [0.717, 1.165) is 6.07 Å². The van der Waals surface area contributed by atoms with Gasteiger partial charge in [-0.1, -0.05) is 11.6 Å². The van der Waals surface area contributed by atoms with Crippen molar-refractivity contribution in [3.63, 3.8) is 0 Å². The third-order valence-electron chi connectivity index (χ3n) is 3.17. The highest BCUT2D eigenvalue weighted by atomic mass is 35.5. The van der Waals surface area contributed by atoms with Crippen LogP contribution in [0.1, 0.15) is 5.69 Å². The van der Waals surface area contributed by atoms with E-state index in [-0.39, 0.29) is 28.1 Å². The Morgan fingerprint density at radius 2 is 1.72 bits per heavy atom. The maximum Gasteiger partial charge on any atom is 0.433 e. The third kappa shape index (κ3) is 3.97. The predicted molar refractivity (Wildman–Crippen MR) is 86.7 cm³/mol. The molecule has 0 unspecified atom stereocenters. The summed E-state index contributed by atoms with van der Waals surface area (Å²) in [4.78, 5) is 11.5. The van der Waals surface area contributed by atoms with Gasteiger partial charge in [0.25, 0.3) is 0 Å². The van der Waals surface area contributed by atoms with E-state index < -0.39 is 11.9 Å². The molecule has 25 heavy (non-hydrogen) atoms. The van der Waals surface area contributed by atoms with Crippen LogP contribution in [-0.2, 0) is 6.18 Å². The SMILES string of the molecule is Oc1ccc(Cl)c(Nc2cc(C(F)(F)F)nc(-c3ccncc3)n2)c1. The molecule has 0 radical (unpaired) electrons. The second-order valence-electron chi connectivity index (χ2n) is 4.98. The first-order valence-electron chi connectivity index (χ1n) is 6.95. The average molecular weight is 367 g/mol. The van der Waals surface area contributed by atoms with Crippen LogP contribution >= 0.6 is 11.6 Å². The molecule has 2 aromatic heterocycles. The number of pyridine rings is 1. The van der Waals surface area contributed by atoms with Crippen molar-refractivity contribution in [3.05, 3.63) is 59.5 Å². The number of anilines is 2. The zero-order chi connectivity index (χ0) is 18.0. The van der Waals surface area contributed by atoms with E-state index in [1.165, 1.54) is 42.7 Å². The fourth-order valence-corrected chi connectivity index (χ4v) is 2.20. The number of phenolic OH excluding ortho intramolecular Hbond substituents is 1. The minimum absolute atomic E-state index is 0.0913. The molecule has 3 aromatic rings. The molecular formula is C16H10ClF3N4O. The number of hydrogen-bond acceptors (Lipinski definition) is 5. The predicted octanol–water partition coefficient (Wildman–Crippen LogP) is 4.66. The van der Waals surface area contributed by atoms with Crippen molar-refractivity contribution in [2.45, 2.75) is 6.18 Å². The normalized spacial score (nSPS) is 11.4. The first-order valence-corrected chi connectivity index (χ1v) is 7.33. The van der Waals surface area contributed by atoms with Crippen molar-refractivity contribution in [3.8, 4) is 17.1 Å². The average Bonchev–Trinajstić information content (AvgIpc) is 2.58. The van der Waals surface area contributed by atoms with Crippen LogP contribution in [0, 0.1) is 0 Å². The molecule has 128 valence electrons. The van der Waals surface area contributed by atoms with Crippen LogP contribution in [0.3, 0.4) is 0 Å². The van der Waals surface area contributed by atoms with E-state index in [1.807, 2.05) is 0 Å². The molecule has 0 fully saturated rings. The number of aromatic nitrogens is 3. The third-order valence-corrected chi connectivity index (χ3v) is 3.50. The zero-order valence-electron chi connectivity index (χ0n) is 12.4. The second kappa shape index (κ2) is 6.56. The number of alkyl halides is 3. The molecule has 2 N–H and O–H groups in total. The molecule has 3 rings (SSSR count). The van der Waals surface area contributed by atoms with Crippen LogP contribution < -0.4 is 5.32 Å². The molecule has 9 heteroatoms. The summed E-state index contributed by atoms with van der Waals surface area (Å²) in [6.07, 6.45) is -1.79. The Balaban J connectivity index is 2.08. The van der Waals surface area contributed by atoms with Crippen molar-refractivity contribution in [2.75, 3.05) is 5.32 Å². The first kappa shape index (κ1) is 17.0. The number of halogens is 4. The van der Waals surface area contributed by atoms with Crippen LogP contribution in [0.2, 0.25) is 5.02 Å². The maximum absolute atomic E-state index is 13.1. The van der Waals surface area contributed by atoms with E-state index in [2.05, 4.69) is 20.3 Å². The molecule has 0 saturated heterocycles. The van der Waals surface area contributed by atoms with Gasteiger partial charge in [0.2, 0.25) is 0 Å². The number of nitrogens with one attached hydrogen (secondary N) is 1. The number of hydrogen-bond donors (Lipinski definition) is 2. The van der Waals surface area contributed by atoms with Crippen LogP contribution in [-0.4, -0.2) is 20.1 Å². The second-order valence-corrected chi connectivity index (χ2v) is 5.39. The summed E-state index contributed by atoms with van der Waals surface area (Å²) in [5.41, 5.74) is -0.506. The molecule has 0 aliphatic carbocycles. The Morgan fingerprint density at radius 3 is 2.40 bits per heavy atom. The first-order chi connectivity index (χ1) is 11.8. The van der Waals surface area contributed by atoms with E-state index in [4.69, 9.17) is 11.6 Å². The highest BCUT2D eigenvalue weighted by molar-refractivity contribution is 6.33. The van der Waals surface area contributed by atoms with Gasteiger partial charge in [0.1, 0.15) is 11.6 Å².